The summed E-state index contributed by atoms with van der Waals surface area (Å²) in [5.41, 5.74) is 11.9. The molecule has 4 nitrogen and oxygen atoms in total. The zero-order valence-corrected chi connectivity index (χ0v) is 11.3. The minimum absolute atomic E-state index is 0.364. The van der Waals surface area contributed by atoms with Crippen LogP contribution in [-0.4, -0.2) is 36.0 Å². The number of hydrogen-bond acceptors (Lipinski definition) is 3. The predicted molar refractivity (Wildman–Crippen MR) is 76.5 cm³/mol. The van der Waals surface area contributed by atoms with Crippen LogP contribution < -0.4 is 11.5 Å². The maximum absolute atomic E-state index is 11.3. The Hall–Kier alpha value is -1.39. The fraction of sp³-hybridized carbons (Fsp3) is 0.533. The smallest absolute Gasteiger partial charge is 0.237 e. The van der Waals surface area contributed by atoms with Gasteiger partial charge < -0.3 is 16.4 Å². The summed E-state index contributed by atoms with van der Waals surface area (Å²) in [5, 5.41) is 0. The first-order chi connectivity index (χ1) is 9.10. The van der Waals surface area contributed by atoms with E-state index < -0.39 is 5.54 Å². The minimum atomic E-state index is -0.782. The summed E-state index contributed by atoms with van der Waals surface area (Å²) >= 11 is 0. The van der Waals surface area contributed by atoms with Crippen molar-refractivity contribution in [1.82, 2.24) is 4.90 Å². The zero-order chi connectivity index (χ0) is 13.7. The second-order valence-corrected chi connectivity index (χ2v) is 5.45. The molecule has 1 heterocycles. The number of carbonyl (C=O) groups excluding carboxylic acids is 1. The van der Waals surface area contributed by atoms with Gasteiger partial charge in [0, 0.05) is 13.1 Å². The van der Waals surface area contributed by atoms with Gasteiger partial charge in [0.1, 0.15) is 0 Å². The fourth-order valence-electron chi connectivity index (χ4n) is 2.57. The molecule has 1 amide bonds. The van der Waals surface area contributed by atoms with Crippen LogP contribution in [0.5, 0.6) is 0 Å². The van der Waals surface area contributed by atoms with Crippen molar-refractivity contribution in [3.63, 3.8) is 0 Å². The highest BCUT2D eigenvalue weighted by molar-refractivity contribution is 5.84. The van der Waals surface area contributed by atoms with Gasteiger partial charge in [-0.15, -0.1) is 0 Å². The molecule has 104 valence electrons. The van der Waals surface area contributed by atoms with Crippen molar-refractivity contribution in [3.8, 4) is 0 Å². The van der Waals surface area contributed by atoms with E-state index in [0.717, 1.165) is 32.5 Å². The number of piperidine rings is 1. The average molecular weight is 261 g/mol. The first-order valence-corrected chi connectivity index (χ1v) is 6.95. The summed E-state index contributed by atoms with van der Waals surface area (Å²) in [6, 6.07) is 10.5. The topological polar surface area (TPSA) is 72.3 Å². The van der Waals surface area contributed by atoms with E-state index in [-0.39, 0.29) is 5.91 Å². The molecule has 0 spiro atoms. The summed E-state index contributed by atoms with van der Waals surface area (Å²) in [7, 11) is 0. The van der Waals surface area contributed by atoms with Gasteiger partial charge in [-0.05, 0) is 37.8 Å². The molecule has 0 unspecified atom stereocenters. The normalized spacial score (nSPS) is 19.2. The number of rotatable bonds is 5. The number of benzene rings is 1. The van der Waals surface area contributed by atoms with Crippen molar-refractivity contribution in [2.75, 3.05) is 19.6 Å². The Bertz CT molecular complexity index is 411. The molecule has 2 rings (SSSR count). The van der Waals surface area contributed by atoms with Gasteiger partial charge in [0.15, 0.2) is 0 Å². The van der Waals surface area contributed by atoms with E-state index in [4.69, 9.17) is 11.5 Å². The molecule has 1 aliphatic rings. The summed E-state index contributed by atoms with van der Waals surface area (Å²) in [6.45, 7) is 2.80. The minimum Gasteiger partial charge on any atom is -0.368 e. The van der Waals surface area contributed by atoms with Crippen molar-refractivity contribution in [1.29, 1.82) is 0 Å². The standard InChI is InChI=1S/C15H23N3O/c16-14(19)15(17)8-11-18(12-9-15)10-4-7-13-5-2-1-3-6-13/h1-3,5-6H,4,7-12,17H2,(H2,16,19). The molecule has 0 atom stereocenters. The molecular formula is C15H23N3O. The average Bonchev–Trinajstić information content (AvgIpc) is 2.42. The summed E-state index contributed by atoms with van der Waals surface area (Å²) in [6.07, 6.45) is 3.58. The Balaban J connectivity index is 1.70. The van der Waals surface area contributed by atoms with Crippen LogP contribution in [-0.2, 0) is 11.2 Å². The molecule has 0 aromatic heterocycles. The van der Waals surface area contributed by atoms with Crippen LogP contribution in [0.3, 0.4) is 0 Å². The van der Waals surface area contributed by atoms with Crippen molar-refractivity contribution >= 4 is 5.91 Å². The molecule has 0 saturated carbocycles. The largest absolute Gasteiger partial charge is 0.368 e. The van der Waals surface area contributed by atoms with Crippen LogP contribution in [0, 0.1) is 0 Å². The molecule has 1 saturated heterocycles. The predicted octanol–water partition coefficient (Wildman–Crippen LogP) is 0.898. The molecule has 4 heteroatoms. The van der Waals surface area contributed by atoms with Crippen LogP contribution >= 0.6 is 0 Å². The number of likely N-dealkylation sites (tertiary alicyclic amines) is 1. The van der Waals surface area contributed by atoms with Crippen molar-refractivity contribution in [3.05, 3.63) is 35.9 Å². The van der Waals surface area contributed by atoms with Crippen molar-refractivity contribution in [2.45, 2.75) is 31.2 Å². The monoisotopic (exact) mass is 261 g/mol. The van der Waals surface area contributed by atoms with E-state index in [1.807, 2.05) is 6.07 Å². The first-order valence-electron chi connectivity index (χ1n) is 6.95. The molecule has 0 radical (unpaired) electrons. The highest BCUT2D eigenvalue weighted by atomic mass is 16.1. The Morgan fingerprint density at radius 1 is 1.21 bits per heavy atom. The zero-order valence-electron chi connectivity index (χ0n) is 11.3. The van der Waals surface area contributed by atoms with E-state index in [1.165, 1.54) is 5.56 Å². The molecule has 1 aromatic rings. The fourth-order valence-corrected chi connectivity index (χ4v) is 2.57. The Kier molecular flexibility index (Phi) is 4.56. The number of carbonyl (C=O) groups is 1. The maximum atomic E-state index is 11.3. The van der Waals surface area contributed by atoms with Crippen LogP contribution in [0.2, 0.25) is 0 Å². The first kappa shape index (κ1) is 14.0. The molecule has 19 heavy (non-hydrogen) atoms. The lowest BCUT2D eigenvalue weighted by Crippen LogP contribution is -2.58. The number of amides is 1. The van der Waals surface area contributed by atoms with E-state index in [2.05, 4.69) is 29.2 Å². The van der Waals surface area contributed by atoms with E-state index >= 15 is 0 Å². The van der Waals surface area contributed by atoms with Crippen LogP contribution in [0.15, 0.2) is 30.3 Å². The highest BCUT2D eigenvalue weighted by Crippen LogP contribution is 2.19. The second-order valence-electron chi connectivity index (χ2n) is 5.45. The maximum Gasteiger partial charge on any atom is 0.237 e. The quantitative estimate of drug-likeness (QED) is 0.827. The Labute approximate surface area is 114 Å². The van der Waals surface area contributed by atoms with Gasteiger partial charge in [-0.3, -0.25) is 4.79 Å². The van der Waals surface area contributed by atoms with Crippen molar-refractivity contribution < 1.29 is 4.79 Å². The molecular weight excluding hydrogens is 238 g/mol. The molecule has 0 bridgehead atoms. The number of aryl methyl sites for hydroxylation is 1. The number of primary amides is 1. The summed E-state index contributed by atoms with van der Waals surface area (Å²) < 4.78 is 0. The molecule has 4 N–H and O–H groups in total. The van der Waals surface area contributed by atoms with Gasteiger partial charge in [0.05, 0.1) is 5.54 Å². The van der Waals surface area contributed by atoms with E-state index in [9.17, 15) is 4.79 Å². The lowest BCUT2D eigenvalue weighted by Gasteiger charge is -2.36. The molecule has 1 aliphatic heterocycles. The van der Waals surface area contributed by atoms with Gasteiger partial charge in [0.2, 0.25) is 5.91 Å². The summed E-state index contributed by atoms with van der Waals surface area (Å²) in [5.74, 6) is -0.364. The van der Waals surface area contributed by atoms with Gasteiger partial charge >= 0.3 is 0 Å². The van der Waals surface area contributed by atoms with Crippen LogP contribution in [0.25, 0.3) is 0 Å². The number of nitrogens with zero attached hydrogens (tertiary/aromatic N) is 1. The molecule has 1 aromatic carbocycles. The summed E-state index contributed by atoms with van der Waals surface area (Å²) in [4.78, 5) is 13.6. The lowest BCUT2D eigenvalue weighted by molar-refractivity contribution is -0.124. The van der Waals surface area contributed by atoms with Gasteiger partial charge in [-0.2, -0.15) is 0 Å². The Morgan fingerprint density at radius 2 is 1.84 bits per heavy atom. The van der Waals surface area contributed by atoms with E-state index in [0.29, 0.717) is 12.8 Å². The van der Waals surface area contributed by atoms with E-state index in [1.54, 1.807) is 0 Å². The van der Waals surface area contributed by atoms with Crippen molar-refractivity contribution in [2.24, 2.45) is 11.5 Å². The van der Waals surface area contributed by atoms with Gasteiger partial charge in [0.25, 0.3) is 0 Å². The lowest BCUT2D eigenvalue weighted by atomic mass is 9.88. The van der Waals surface area contributed by atoms with Gasteiger partial charge in [-0.1, -0.05) is 30.3 Å². The molecule has 1 fully saturated rings. The Morgan fingerprint density at radius 3 is 2.42 bits per heavy atom. The third-order valence-electron chi connectivity index (χ3n) is 4.02. The highest BCUT2D eigenvalue weighted by Gasteiger charge is 2.35. The number of nitrogens with two attached hydrogens (primary N) is 2. The van der Waals surface area contributed by atoms with Crippen LogP contribution in [0.1, 0.15) is 24.8 Å². The SMILES string of the molecule is NC(=O)C1(N)CCN(CCCc2ccccc2)CC1. The third kappa shape index (κ3) is 3.78. The second kappa shape index (κ2) is 6.17. The van der Waals surface area contributed by atoms with Crippen LogP contribution in [0.4, 0.5) is 0 Å². The third-order valence-corrected chi connectivity index (χ3v) is 4.02. The number of hydrogen-bond donors (Lipinski definition) is 2. The molecule has 0 aliphatic carbocycles. The van der Waals surface area contributed by atoms with Gasteiger partial charge in [-0.25, -0.2) is 0 Å².